The van der Waals surface area contributed by atoms with Crippen LogP contribution in [0.4, 0.5) is 0 Å². The van der Waals surface area contributed by atoms with Crippen LogP contribution in [-0.4, -0.2) is 17.6 Å². The standard InChI is InChI=1S/C18H17NO3/c20-15(17-12-14-8-4-5-9-16(14)22-17)10-11-19-18(21)13-6-2-1-3-7-13/h1-9,12,15,20H,10-11H2,(H,19,21)/t15-/m1/s1. The zero-order chi connectivity index (χ0) is 15.4. The van der Waals surface area contributed by atoms with E-state index in [4.69, 9.17) is 4.42 Å². The fraction of sp³-hybridized carbons (Fsp3) is 0.167. The highest BCUT2D eigenvalue weighted by Crippen LogP contribution is 2.25. The number of aliphatic hydroxyl groups excluding tert-OH is 1. The van der Waals surface area contributed by atoms with Crippen LogP contribution in [0.15, 0.2) is 65.1 Å². The van der Waals surface area contributed by atoms with Crippen molar-refractivity contribution in [3.63, 3.8) is 0 Å². The van der Waals surface area contributed by atoms with Gasteiger partial charge >= 0.3 is 0 Å². The van der Waals surface area contributed by atoms with E-state index in [9.17, 15) is 9.90 Å². The van der Waals surface area contributed by atoms with Gasteiger partial charge in [0.25, 0.3) is 5.91 Å². The van der Waals surface area contributed by atoms with Gasteiger partial charge < -0.3 is 14.8 Å². The first-order valence-electron chi connectivity index (χ1n) is 7.24. The molecule has 3 aromatic rings. The van der Waals surface area contributed by atoms with Gasteiger partial charge in [0.2, 0.25) is 0 Å². The van der Waals surface area contributed by atoms with Crippen LogP contribution in [0.25, 0.3) is 11.0 Å². The third-order valence-electron chi connectivity index (χ3n) is 3.51. The number of carbonyl (C=O) groups excluding carboxylic acids is 1. The molecule has 0 bridgehead atoms. The Bertz CT molecular complexity index is 731. The van der Waals surface area contributed by atoms with E-state index in [1.807, 2.05) is 48.5 Å². The average molecular weight is 295 g/mol. The minimum Gasteiger partial charge on any atom is -0.458 e. The van der Waals surface area contributed by atoms with Gasteiger partial charge in [0.05, 0.1) is 0 Å². The number of hydrogen-bond acceptors (Lipinski definition) is 3. The molecule has 0 radical (unpaired) electrons. The normalized spacial score (nSPS) is 12.2. The summed E-state index contributed by atoms with van der Waals surface area (Å²) in [7, 11) is 0. The van der Waals surface area contributed by atoms with Gasteiger partial charge in [-0.15, -0.1) is 0 Å². The molecular formula is C18H17NO3. The number of hydrogen-bond donors (Lipinski definition) is 2. The van der Waals surface area contributed by atoms with Crippen molar-refractivity contribution in [1.82, 2.24) is 5.32 Å². The second-order valence-electron chi connectivity index (χ2n) is 5.11. The average Bonchev–Trinajstić information content (AvgIpc) is 2.99. The van der Waals surface area contributed by atoms with E-state index in [2.05, 4.69) is 5.32 Å². The molecule has 0 saturated carbocycles. The number of benzene rings is 2. The molecule has 0 aliphatic carbocycles. The maximum Gasteiger partial charge on any atom is 0.251 e. The molecule has 1 heterocycles. The summed E-state index contributed by atoms with van der Waals surface area (Å²) in [6.07, 6.45) is -0.332. The minimum atomic E-state index is -0.733. The Morgan fingerprint density at radius 3 is 2.59 bits per heavy atom. The largest absolute Gasteiger partial charge is 0.458 e. The lowest BCUT2D eigenvalue weighted by Crippen LogP contribution is -2.25. The zero-order valence-corrected chi connectivity index (χ0v) is 12.0. The lowest BCUT2D eigenvalue weighted by Gasteiger charge is -2.09. The Morgan fingerprint density at radius 2 is 1.82 bits per heavy atom. The number of para-hydroxylation sites is 1. The molecule has 1 amide bonds. The molecule has 0 aliphatic heterocycles. The van der Waals surface area contributed by atoms with Gasteiger partial charge in [-0.05, 0) is 30.7 Å². The van der Waals surface area contributed by atoms with Crippen molar-refractivity contribution in [2.24, 2.45) is 0 Å². The van der Waals surface area contributed by atoms with E-state index >= 15 is 0 Å². The van der Waals surface area contributed by atoms with Gasteiger partial charge in [0.1, 0.15) is 17.4 Å². The maximum atomic E-state index is 11.9. The van der Waals surface area contributed by atoms with Crippen LogP contribution in [-0.2, 0) is 0 Å². The molecule has 4 heteroatoms. The van der Waals surface area contributed by atoms with Gasteiger partial charge in [-0.2, -0.15) is 0 Å². The molecule has 1 aromatic heterocycles. The molecule has 112 valence electrons. The van der Waals surface area contributed by atoms with Crippen molar-refractivity contribution in [2.45, 2.75) is 12.5 Å². The number of nitrogens with one attached hydrogen (secondary N) is 1. The number of fused-ring (bicyclic) bond motifs is 1. The quantitative estimate of drug-likeness (QED) is 0.759. The third kappa shape index (κ3) is 3.18. The van der Waals surface area contributed by atoms with E-state index in [0.717, 1.165) is 11.0 Å². The van der Waals surface area contributed by atoms with Crippen LogP contribution < -0.4 is 5.32 Å². The smallest absolute Gasteiger partial charge is 0.251 e. The predicted octanol–water partition coefficient (Wildman–Crippen LogP) is 3.29. The first-order chi connectivity index (χ1) is 10.7. The van der Waals surface area contributed by atoms with Crippen LogP contribution in [0.3, 0.4) is 0 Å². The van der Waals surface area contributed by atoms with Crippen molar-refractivity contribution in [3.05, 3.63) is 72.0 Å². The fourth-order valence-electron chi connectivity index (χ4n) is 2.32. The summed E-state index contributed by atoms with van der Waals surface area (Å²) in [6, 6.07) is 18.5. The summed E-state index contributed by atoms with van der Waals surface area (Å²) in [5.74, 6) is 0.382. The molecule has 0 unspecified atom stereocenters. The van der Waals surface area contributed by atoms with E-state index in [1.54, 1.807) is 12.1 Å². The molecule has 22 heavy (non-hydrogen) atoms. The van der Waals surface area contributed by atoms with Crippen molar-refractivity contribution in [2.75, 3.05) is 6.54 Å². The lowest BCUT2D eigenvalue weighted by atomic mass is 10.1. The molecule has 3 rings (SSSR count). The Balaban J connectivity index is 1.56. The second kappa shape index (κ2) is 6.45. The van der Waals surface area contributed by atoms with E-state index in [0.29, 0.717) is 24.3 Å². The van der Waals surface area contributed by atoms with Crippen LogP contribution in [0.2, 0.25) is 0 Å². The Labute approximate surface area is 128 Å². The first kappa shape index (κ1) is 14.4. The van der Waals surface area contributed by atoms with Crippen molar-refractivity contribution >= 4 is 16.9 Å². The van der Waals surface area contributed by atoms with Crippen LogP contribution in [0.1, 0.15) is 28.6 Å². The first-order valence-corrected chi connectivity index (χ1v) is 7.24. The molecule has 0 aliphatic rings. The number of amides is 1. The Hall–Kier alpha value is -2.59. The fourth-order valence-corrected chi connectivity index (χ4v) is 2.32. The summed E-state index contributed by atoms with van der Waals surface area (Å²) >= 11 is 0. The summed E-state index contributed by atoms with van der Waals surface area (Å²) in [4.78, 5) is 11.9. The number of carbonyl (C=O) groups is 1. The molecule has 1 atom stereocenters. The molecule has 4 nitrogen and oxygen atoms in total. The predicted molar refractivity (Wildman–Crippen MR) is 84.6 cm³/mol. The molecule has 2 aromatic carbocycles. The topological polar surface area (TPSA) is 62.5 Å². The minimum absolute atomic E-state index is 0.141. The molecule has 0 spiro atoms. The maximum absolute atomic E-state index is 11.9. The Kier molecular flexibility index (Phi) is 4.21. The Morgan fingerprint density at radius 1 is 1.09 bits per heavy atom. The van der Waals surface area contributed by atoms with Crippen LogP contribution >= 0.6 is 0 Å². The SMILES string of the molecule is O=C(NCC[C@@H](O)c1cc2ccccc2o1)c1ccccc1. The van der Waals surface area contributed by atoms with Gasteiger partial charge in [-0.25, -0.2) is 0 Å². The van der Waals surface area contributed by atoms with E-state index in [1.165, 1.54) is 0 Å². The zero-order valence-electron chi connectivity index (χ0n) is 12.0. The third-order valence-corrected chi connectivity index (χ3v) is 3.51. The second-order valence-corrected chi connectivity index (χ2v) is 5.11. The van der Waals surface area contributed by atoms with E-state index in [-0.39, 0.29) is 5.91 Å². The summed E-state index contributed by atoms with van der Waals surface area (Å²) in [6.45, 7) is 0.381. The van der Waals surface area contributed by atoms with Gasteiger partial charge in [-0.3, -0.25) is 4.79 Å². The summed E-state index contributed by atoms with van der Waals surface area (Å²) in [5, 5.41) is 13.9. The molecular weight excluding hydrogens is 278 g/mol. The van der Waals surface area contributed by atoms with Gasteiger partial charge in [-0.1, -0.05) is 36.4 Å². The van der Waals surface area contributed by atoms with E-state index < -0.39 is 6.10 Å². The molecule has 0 fully saturated rings. The van der Waals surface area contributed by atoms with Crippen molar-refractivity contribution in [3.8, 4) is 0 Å². The van der Waals surface area contributed by atoms with Gasteiger partial charge in [0, 0.05) is 17.5 Å². The summed E-state index contributed by atoms with van der Waals surface area (Å²) in [5.41, 5.74) is 1.37. The monoisotopic (exact) mass is 295 g/mol. The molecule has 0 saturated heterocycles. The number of rotatable bonds is 5. The number of aliphatic hydroxyl groups is 1. The van der Waals surface area contributed by atoms with Crippen LogP contribution in [0.5, 0.6) is 0 Å². The highest BCUT2D eigenvalue weighted by atomic mass is 16.4. The lowest BCUT2D eigenvalue weighted by molar-refractivity contribution is 0.0936. The molecule has 2 N–H and O–H groups in total. The highest BCUT2D eigenvalue weighted by Gasteiger charge is 2.13. The summed E-state index contributed by atoms with van der Waals surface area (Å²) < 4.78 is 5.61. The van der Waals surface area contributed by atoms with Crippen molar-refractivity contribution < 1.29 is 14.3 Å². The van der Waals surface area contributed by atoms with Crippen LogP contribution in [0, 0.1) is 0 Å². The number of furan rings is 1. The highest BCUT2D eigenvalue weighted by molar-refractivity contribution is 5.94. The van der Waals surface area contributed by atoms with Crippen molar-refractivity contribution in [1.29, 1.82) is 0 Å². The van der Waals surface area contributed by atoms with Gasteiger partial charge in [0.15, 0.2) is 0 Å².